The van der Waals surface area contributed by atoms with Crippen LogP contribution in [0.3, 0.4) is 0 Å². The van der Waals surface area contributed by atoms with Gasteiger partial charge in [-0.1, -0.05) is 53.7 Å². The van der Waals surface area contributed by atoms with Gasteiger partial charge < -0.3 is 5.32 Å². The first-order valence-electron chi connectivity index (χ1n) is 9.07. The van der Waals surface area contributed by atoms with Gasteiger partial charge in [-0.05, 0) is 44.5 Å². The Morgan fingerprint density at radius 2 is 1.82 bits per heavy atom. The summed E-state index contributed by atoms with van der Waals surface area (Å²) in [7, 11) is 0. The van der Waals surface area contributed by atoms with Gasteiger partial charge >= 0.3 is 0 Å². The first-order chi connectivity index (χ1) is 13.4. The third-order valence-corrected chi connectivity index (χ3v) is 5.65. The van der Waals surface area contributed by atoms with Crippen molar-refractivity contribution >= 4 is 40.2 Å². The number of rotatable bonds is 6. The van der Waals surface area contributed by atoms with Crippen molar-refractivity contribution in [2.24, 2.45) is 0 Å². The minimum absolute atomic E-state index is 0.0467. The van der Waals surface area contributed by atoms with Gasteiger partial charge in [-0.25, -0.2) is 4.98 Å². The fourth-order valence-electron chi connectivity index (χ4n) is 2.79. The van der Waals surface area contributed by atoms with Crippen molar-refractivity contribution in [3.05, 3.63) is 69.5 Å². The number of nitrogens with one attached hydrogen (secondary N) is 1. The number of aromatic nitrogens is 2. The number of amides is 1. The number of hydrogen-bond donors (Lipinski definition) is 1. The van der Waals surface area contributed by atoms with Crippen molar-refractivity contribution in [2.45, 2.75) is 43.8 Å². The molecule has 0 aliphatic rings. The number of nitrogens with zero attached hydrogens (tertiary/aromatic N) is 2. The van der Waals surface area contributed by atoms with Crippen LogP contribution in [0.1, 0.15) is 26.3 Å². The zero-order valence-electron chi connectivity index (χ0n) is 16.0. The van der Waals surface area contributed by atoms with Crippen LogP contribution in [-0.4, -0.2) is 26.8 Å². The average Bonchev–Trinajstić information content (AvgIpc) is 2.65. The Labute approximate surface area is 173 Å². The van der Waals surface area contributed by atoms with Gasteiger partial charge in [0.25, 0.3) is 5.56 Å². The Hall–Kier alpha value is -2.31. The number of para-hydroxylation sites is 1. The molecule has 146 valence electrons. The van der Waals surface area contributed by atoms with Gasteiger partial charge in [0.15, 0.2) is 5.16 Å². The summed E-state index contributed by atoms with van der Waals surface area (Å²) in [6, 6.07) is 14.7. The van der Waals surface area contributed by atoms with E-state index in [1.54, 1.807) is 22.8 Å². The molecule has 1 atom stereocenters. The molecule has 0 saturated carbocycles. The highest BCUT2D eigenvalue weighted by Gasteiger charge is 2.20. The van der Waals surface area contributed by atoms with Crippen molar-refractivity contribution < 1.29 is 4.79 Å². The van der Waals surface area contributed by atoms with Crippen LogP contribution in [0.25, 0.3) is 10.9 Å². The van der Waals surface area contributed by atoms with E-state index in [0.717, 1.165) is 5.56 Å². The normalized spacial score (nSPS) is 12.3. The molecule has 0 aliphatic heterocycles. The van der Waals surface area contributed by atoms with E-state index in [9.17, 15) is 9.59 Å². The Morgan fingerprint density at radius 1 is 1.14 bits per heavy atom. The van der Waals surface area contributed by atoms with E-state index in [1.807, 2.05) is 51.1 Å². The molecular weight excluding hydrogens is 394 g/mol. The molecule has 0 aliphatic carbocycles. The van der Waals surface area contributed by atoms with Crippen LogP contribution in [0.15, 0.2) is 58.5 Å². The monoisotopic (exact) mass is 415 g/mol. The maximum Gasteiger partial charge on any atom is 0.262 e. The summed E-state index contributed by atoms with van der Waals surface area (Å²) in [6.07, 6.45) is 0. The quantitative estimate of drug-likeness (QED) is 0.486. The molecule has 1 aromatic heterocycles. The van der Waals surface area contributed by atoms with Gasteiger partial charge in [-0.15, -0.1) is 0 Å². The van der Waals surface area contributed by atoms with Gasteiger partial charge in [-0.3, -0.25) is 14.2 Å². The second-order valence-electron chi connectivity index (χ2n) is 6.82. The topological polar surface area (TPSA) is 64.0 Å². The lowest BCUT2D eigenvalue weighted by Crippen LogP contribution is -2.36. The van der Waals surface area contributed by atoms with Crippen molar-refractivity contribution in [3.8, 4) is 0 Å². The van der Waals surface area contributed by atoms with Crippen LogP contribution in [0, 0.1) is 0 Å². The molecule has 0 radical (unpaired) electrons. The molecule has 1 unspecified atom stereocenters. The van der Waals surface area contributed by atoms with Gasteiger partial charge in [0.1, 0.15) is 0 Å². The zero-order chi connectivity index (χ0) is 20.3. The number of halogens is 1. The summed E-state index contributed by atoms with van der Waals surface area (Å²) >= 11 is 7.57. The molecule has 3 rings (SSSR count). The molecule has 0 spiro atoms. The highest BCUT2D eigenvalue weighted by atomic mass is 35.5. The van der Waals surface area contributed by atoms with Crippen molar-refractivity contribution in [1.29, 1.82) is 0 Å². The van der Waals surface area contributed by atoms with Crippen molar-refractivity contribution in [1.82, 2.24) is 14.9 Å². The predicted molar refractivity (Wildman–Crippen MR) is 115 cm³/mol. The molecule has 0 fully saturated rings. The van der Waals surface area contributed by atoms with Gasteiger partial charge in [-0.2, -0.15) is 0 Å². The summed E-state index contributed by atoms with van der Waals surface area (Å²) in [5, 5.41) is 4.12. The van der Waals surface area contributed by atoms with E-state index >= 15 is 0 Å². The predicted octanol–water partition coefficient (Wildman–Crippen LogP) is 4.10. The number of carbonyl (C=O) groups is 1. The number of fused-ring (bicyclic) bond motifs is 1. The third kappa shape index (κ3) is 4.56. The van der Waals surface area contributed by atoms with E-state index in [2.05, 4.69) is 10.3 Å². The number of carbonyl (C=O) groups excluding carboxylic acids is 1. The lowest BCUT2D eigenvalue weighted by molar-refractivity contribution is -0.120. The van der Waals surface area contributed by atoms with E-state index in [4.69, 9.17) is 11.6 Å². The number of hydrogen-bond acceptors (Lipinski definition) is 4. The Morgan fingerprint density at radius 3 is 2.54 bits per heavy atom. The molecule has 3 aromatic rings. The Bertz CT molecular complexity index is 1060. The largest absolute Gasteiger partial charge is 0.353 e. The maximum absolute atomic E-state index is 13.2. The summed E-state index contributed by atoms with van der Waals surface area (Å²) in [6.45, 7) is 5.93. The first kappa shape index (κ1) is 20.4. The van der Waals surface area contributed by atoms with Crippen LogP contribution in [-0.2, 0) is 11.3 Å². The second-order valence-corrected chi connectivity index (χ2v) is 8.53. The molecule has 1 heterocycles. The van der Waals surface area contributed by atoms with Gasteiger partial charge in [0, 0.05) is 11.1 Å². The SMILES string of the molecule is CC(C)NC(=O)C(C)Sc1nc2ccccc2c(=O)n1Cc1ccccc1Cl. The highest BCUT2D eigenvalue weighted by Crippen LogP contribution is 2.25. The van der Waals surface area contributed by atoms with E-state index < -0.39 is 5.25 Å². The van der Waals surface area contributed by atoms with Crippen molar-refractivity contribution in [3.63, 3.8) is 0 Å². The second kappa shape index (κ2) is 8.80. The van der Waals surface area contributed by atoms with Crippen LogP contribution in [0.4, 0.5) is 0 Å². The van der Waals surface area contributed by atoms with Crippen LogP contribution in [0.2, 0.25) is 5.02 Å². The average molecular weight is 416 g/mol. The molecule has 1 amide bonds. The number of benzene rings is 2. The van der Waals surface area contributed by atoms with E-state index in [1.165, 1.54) is 11.8 Å². The summed E-state index contributed by atoms with van der Waals surface area (Å²) in [5.74, 6) is -0.0910. The summed E-state index contributed by atoms with van der Waals surface area (Å²) in [5.41, 5.74) is 1.29. The Balaban J connectivity index is 2.05. The van der Waals surface area contributed by atoms with Crippen molar-refractivity contribution in [2.75, 3.05) is 0 Å². The molecule has 0 saturated heterocycles. The molecule has 0 bridgehead atoms. The molecule has 1 N–H and O–H groups in total. The minimum atomic E-state index is -0.395. The van der Waals surface area contributed by atoms with Crippen LogP contribution < -0.4 is 10.9 Å². The Kier molecular flexibility index (Phi) is 6.42. The summed E-state index contributed by atoms with van der Waals surface area (Å²) in [4.78, 5) is 30.2. The fourth-order valence-corrected chi connectivity index (χ4v) is 3.90. The smallest absolute Gasteiger partial charge is 0.262 e. The molecule has 2 aromatic carbocycles. The van der Waals surface area contributed by atoms with E-state index in [0.29, 0.717) is 21.1 Å². The zero-order valence-corrected chi connectivity index (χ0v) is 17.6. The molecule has 7 heteroatoms. The van der Waals surface area contributed by atoms with E-state index in [-0.39, 0.29) is 24.1 Å². The lowest BCUT2D eigenvalue weighted by atomic mass is 10.2. The molecular formula is C21H22ClN3O2S. The van der Waals surface area contributed by atoms with Crippen LogP contribution in [0.5, 0.6) is 0 Å². The van der Waals surface area contributed by atoms with Gasteiger partial charge in [0.05, 0.1) is 22.7 Å². The third-order valence-electron chi connectivity index (χ3n) is 4.20. The molecule has 28 heavy (non-hydrogen) atoms. The molecule has 5 nitrogen and oxygen atoms in total. The number of thioether (sulfide) groups is 1. The fraction of sp³-hybridized carbons (Fsp3) is 0.286. The maximum atomic E-state index is 13.2. The first-order valence-corrected chi connectivity index (χ1v) is 10.3. The van der Waals surface area contributed by atoms with Gasteiger partial charge in [0.2, 0.25) is 5.91 Å². The standard InChI is InChI=1S/C21H22ClN3O2S/c1-13(2)23-19(26)14(3)28-21-24-18-11-7-5-9-16(18)20(27)25(21)12-15-8-4-6-10-17(15)22/h4-11,13-14H,12H2,1-3H3,(H,23,26). The highest BCUT2D eigenvalue weighted by molar-refractivity contribution is 8.00. The summed E-state index contributed by atoms with van der Waals surface area (Å²) < 4.78 is 1.59. The lowest BCUT2D eigenvalue weighted by Gasteiger charge is -2.17. The minimum Gasteiger partial charge on any atom is -0.353 e. The van der Waals surface area contributed by atoms with Crippen LogP contribution >= 0.6 is 23.4 Å².